The molecule has 0 amide bonds. The third-order valence-electron chi connectivity index (χ3n) is 5.53. The predicted octanol–water partition coefficient (Wildman–Crippen LogP) is 4.03. The second-order valence-electron chi connectivity index (χ2n) is 7.27. The predicted molar refractivity (Wildman–Crippen MR) is 102 cm³/mol. The van der Waals surface area contributed by atoms with Gasteiger partial charge in [0.15, 0.2) is 0 Å². The van der Waals surface area contributed by atoms with E-state index in [4.69, 9.17) is 0 Å². The molecule has 1 atom stereocenters. The van der Waals surface area contributed by atoms with E-state index in [1.165, 1.54) is 43.6 Å². The van der Waals surface area contributed by atoms with Gasteiger partial charge in [-0.1, -0.05) is 25.1 Å². The summed E-state index contributed by atoms with van der Waals surface area (Å²) in [6.45, 7) is 5.81. The number of para-hydroxylation sites is 1. The highest BCUT2D eigenvalue weighted by Crippen LogP contribution is 2.26. The van der Waals surface area contributed by atoms with Crippen molar-refractivity contribution in [3.63, 3.8) is 0 Å². The van der Waals surface area contributed by atoms with Crippen LogP contribution in [0.2, 0.25) is 0 Å². The Morgan fingerprint density at radius 3 is 2.33 bits per heavy atom. The molecule has 3 rings (SSSR count). The quantitative estimate of drug-likeness (QED) is 0.794. The lowest BCUT2D eigenvalue weighted by Crippen LogP contribution is -2.42. The minimum absolute atomic E-state index is 0.735. The highest BCUT2D eigenvalue weighted by molar-refractivity contribution is 5.41. The molecule has 1 aliphatic rings. The Bertz CT molecular complexity index is 610. The van der Waals surface area contributed by atoms with Crippen LogP contribution in [0, 0.1) is 5.92 Å². The molecule has 0 saturated carbocycles. The molecule has 130 valence electrons. The molecule has 2 heterocycles. The fourth-order valence-electron chi connectivity index (χ4n) is 4.25. The molecule has 3 heteroatoms. The average Bonchev–Trinajstić information content (AvgIpc) is 3.11. The van der Waals surface area contributed by atoms with Crippen LogP contribution in [0.3, 0.4) is 0 Å². The Labute approximate surface area is 146 Å². The first kappa shape index (κ1) is 17.2. The fourth-order valence-corrected chi connectivity index (χ4v) is 4.25. The lowest BCUT2D eigenvalue weighted by molar-refractivity contribution is 0.110. The summed E-state index contributed by atoms with van der Waals surface area (Å²) in [7, 11) is 4.46. The number of likely N-dealkylation sites (tertiary alicyclic amines) is 1. The van der Waals surface area contributed by atoms with Crippen LogP contribution in [-0.4, -0.2) is 47.6 Å². The summed E-state index contributed by atoms with van der Waals surface area (Å²) in [5, 5.41) is 0. The van der Waals surface area contributed by atoms with E-state index in [1.807, 2.05) is 0 Å². The molecule has 1 aromatic carbocycles. The molecule has 1 fully saturated rings. The van der Waals surface area contributed by atoms with Gasteiger partial charge in [-0.2, -0.15) is 0 Å². The Hall–Kier alpha value is -1.58. The van der Waals surface area contributed by atoms with Gasteiger partial charge in [-0.05, 0) is 76.1 Å². The Morgan fingerprint density at radius 2 is 1.71 bits per heavy atom. The number of nitrogens with zero attached hydrogens (tertiary/aromatic N) is 3. The van der Waals surface area contributed by atoms with Crippen molar-refractivity contribution in [3.05, 3.63) is 54.4 Å². The highest BCUT2D eigenvalue weighted by Gasteiger charge is 2.26. The summed E-state index contributed by atoms with van der Waals surface area (Å²) < 4.78 is 2.22. The Balaban J connectivity index is 1.63. The van der Waals surface area contributed by atoms with Gasteiger partial charge < -0.3 is 9.47 Å². The van der Waals surface area contributed by atoms with Gasteiger partial charge in [-0.3, -0.25) is 4.90 Å². The molecule has 0 bridgehead atoms. The number of benzene rings is 1. The first-order valence-corrected chi connectivity index (χ1v) is 9.29. The normalized spacial score (nSPS) is 18.2. The minimum atomic E-state index is 0.735. The number of hydrogen-bond acceptors (Lipinski definition) is 2. The molecule has 24 heavy (non-hydrogen) atoms. The first-order valence-electron chi connectivity index (χ1n) is 9.29. The molecule has 0 spiro atoms. The number of hydrogen-bond donors (Lipinski definition) is 0. The monoisotopic (exact) mass is 325 g/mol. The van der Waals surface area contributed by atoms with Crippen LogP contribution in [0.25, 0.3) is 5.69 Å². The molecule has 1 aromatic heterocycles. The van der Waals surface area contributed by atoms with E-state index in [9.17, 15) is 0 Å². The van der Waals surface area contributed by atoms with Crippen molar-refractivity contribution < 1.29 is 0 Å². The maximum absolute atomic E-state index is 2.63. The van der Waals surface area contributed by atoms with Crippen molar-refractivity contribution in [3.8, 4) is 5.69 Å². The SMILES string of the molecule is CCC(C1CCN(Cc2ccccc2-n2cccc2)CC1)N(C)C. The Kier molecular flexibility index (Phi) is 5.75. The zero-order valence-corrected chi connectivity index (χ0v) is 15.4. The summed E-state index contributed by atoms with van der Waals surface area (Å²) in [6, 6.07) is 13.7. The van der Waals surface area contributed by atoms with E-state index in [2.05, 4.69) is 84.2 Å². The number of aromatic nitrogens is 1. The van der Waals surface area contributed by atoms with Crippen molar-refractivity contribution in [1.82, 2.24) is 14.4 Å². The average molecular weight is 326 g/mol. The highest BCUT2D eigenvalue weighted by atomic mass is 15.1. The molecule has 2 aromatic rings. The van der Waals surface area contributed by atoms with Gasteiger partial charge in [0, 0.05) is 30.7 Å². The second kappa shape index (κ2) is 8.00. The van der Waals surface area contributed by atoms with E-state index in [0.29, 0.717) is 0 Å². The van der Waals surface area contributed by atoms with E-state index in [-0.39, 0.29) is 0 Å². The van der Waals surface area contributed by atoms with E-state index in [1.54, 1.807) is 0 Å². The van der Waals surface area contributed by atoms with Gasteiger partial charge in [0.1, 0.15) is 0 Å². The number of piperidine rings is 1. The van der Waals surface area contributed by atoms with E-state index in [0.717, 1.165) is 18.5 Å². The van der Waals surface area contributed by atoms with Crippen LogP contribution < -0.4 is 0 Å². The zero-order valence-electron chi connectivity index (χ0n) is 15.4. The zero-order chi connectivity index (χ0) is 16.9. The van der Waals surface area contributed by atoms with Crippen molar-refractivity contribution >= 4 is 0 Å². The molecule has 1 aliphatic heterocycles. The van der Waals surface area contributed by atoms with Gasteiger partial charge in [-0.15, -0.1) is 0 Å². The van der Waals surface area contributed by atoms with E-state index >= 15 is 0 Å². The molecule has 0 radical (unpaired) electrons. The summed E-state index contributed by atoms with van der Waals surface area (Å²) in [5.74, 6) is 0.848. The van der Waals surface area contributed by atoms with Crippen LogP contribution in [0.1, 0.15) is 31.7 Å². The van der Waals surface area contributed by atoms with Crippen LogP contribution in [0.15, 0.2) is 48.8 Å². The standard InChI is InChI=1S/C21H31N3/c1-4-20(22(2)3)18-11-15-23(16-12-18)17-19-9-5-6-10-21(19)24-13-7-8-14-24/h5-10,13-14,18,20H,4,11-12,15-17H2,1-3H3. The van der Waals surface area contributed by atoms with Gasteiger partial charge >= 0.3 is 0 Å². The molecule has 1 saturated heterocycles. The van der Waals surface area contributed by atoms with Crippen LogP contribution in [0.5, 0.6) is 0 Å². The summed E-state index contributed by atoms with van der Waals surface area (Å²) in [5.41, 5.74) is 2.73. The van der Waals surface area contributed by atoms with E-state index < -0.39 is 0 Å². The molecular weight excluding hydrogens is 294 g/mol. The van der Waals surface area contributed by atoms with Crippen molar-refractivity contribution in [2.24, 2.45) is 5.92 Å². The smallest absolute Gasteiger partial charge is 0.0494 e. The third-order valence-corrected chi connectivity index (χ3v) is 5.53. The lowest BCUT2D eigenvalue weighted by Gasteiger charge is -2.38. The maximum atomic E-state index is 2.63. The molecule has 1 unspecified atom stereocenters. The fraction of sp³-hybridized carbons (Fsp3) is 0.524. The summed E-state index contributed by atoms with van der Waals surface area (Å²) in [4.78, 5) is 5.04. The van der Waals surface area contributed by atoms with Crippen molar-refractivity contribution in [2.45, 2.75) is 38.8 Å². The Morgan fingerprint density at radius 1 is 1.04 bits per heavy atom. The topological polar surface area (TPSA) is 11.4 Å². The van der Waals surface area contributed by atoms with Crippen molar-refractivity contribution in [1.29, 1.82) is 0 Å². The third kappa shape index (κ3) is 3.90. The first-order chi connectivity index (χ1) is 11.7. The summed E-state index contributed by atoms with van der Waals surface area (Å²) >= 11 is 0. The molecule has 0 aliphatic carbocycles. The second-order valence-corrected chi connectivity index (χ2v) is 7.27. The molecule has 3 nitrogen and oxygen atoms in total. The van der Waals surface area contributed by atoms with Gasteiger partial charge in [-0.25, -0.2) is 0 Å². The van der Waals surface area contributed by atoms with Crippen molar-refractivity contribution in [2.75, 3.05) is 27.2 Å². The van der Waals surface area contributed by atoms with Crippen LogP contribution in [-0.2, 0) is 6.54 Å². The number of rotatable bonds is 6. The van der Waals surface area contributed by atoms with Gasteiger partial charge in [0.05, 0.1) is 0 Å². The maximum Gasteiger partial charge on any atom is 0.0494 e. The van der Waals surface area contributed by atoms with Crippen LogP contribution in [0.4, 0.5) is 0 Å². The largest absolute Gasteiger partial charge is 0.324 e. The van der Waals surface area contributed by atoms with Gasteiger partial charge in [0.25, 0.3) is 0 Å². The minimum Gasteiger partial charge on any atom is -0.324 e. The van der Waals surface area contributed by atoms with Gasteiger partial charge in [0.2, 0.25) is 0 Å². The molecule has 0 N–H and O–H groups in total. The summed E-state index contributed by atoms with van der Waals surface area (Å²) in [6.07, 6.45) is 8.17. The lowest BCUT2D eigenvalue weighted by atomic mass is 9.87. The van der Waals surface area contributed by atoms with Crippen LogP contribution >= 0.6 is 0 Å². The molecular formula is C21H31N3.